The van der Waals surface area contributed by atoms with Crippen molar-refractivity contribution in [3.63, 3.8) is 0 Å². The van der Waals surface area contributed by atoms with E-state index < -0.39 is 0 Å². The Labute approximate surface area is 114 Å². The maximum Gasteiger partial charge on any atom is 0.101 e. The molecule has 0 saturated carbocycles. The lowest BCUT2D eigenvalue weighted by molar-refractivity contribution is 0.828. The molecule has 2 rings (SSSR count). The smallest absolute Gasteiger partial charge is 0.101 e. The minimum Gasteiger partial charge on any atom is -0.366 e. The Morgan fingerprint density at radius 2 is 1.95 bits per heavy atom. The summed E-state index contributed by atoms with van der Waals surface area (Å²) in [6.45, 7) is 5.75. The number of nitrogens with zero attached hydrogens (tertiary/aromatic N) is 3. The molecule has 0 spiro atoms. The third kappa shape index (κ3) is 3.11. The molecule has 1 aromatic heterocycles. The zero-order chi connectivity index (χ0) is 13.7. The van der Waals surface area contributed by atoms with E-state index in [0.29, 0.717) is 0 Å². The lowest BCUT2D eigenvalue weighted by atomic mass is 10.1. The van der Waals surface area contributed by atoms with Gasteiger partial charge in [-0.15, -0.1) is 0 Å². The summed E-state index contributed by atoms with van der Waals surface area (Å²) in [6, 6.07) is 12.3. The fraction of sp³-hybridized carbons (Fsp3) is 0.250. The predicted octanol–water partition coefficient (Wildman–Crippen LogP) is 3.29. The first-order chi connectivity index (χ1) is 9.24. The van der Waals surface area contributed by atoms with Crippen LogP contribution >= 0.6 is 0 Å². The maximum absolute atomic E-state index is 9.27. The molecular weight excluding hydrogens is 234 g/mol. The Balaban J connectivity index is 2.30. The molecule has 0 unspecified atom stereocenters. The molecule has 0 aliphatic heterocycles. The number of aryl methyl sites for hydroxylation is 1. The van der Waals surface area contributed by atoms with Gasteiger partial charge in [-0.25, -0.2) is 0 Å². The summed E-state index contributed by atoms with van der Waals surface area (Å²) in [4.78, 5) is 6.23. The molecular formula is C16H17N3. The molecule has 0 aliphatic carbocycles. The molecule has 0 saturated heterocycles. The van der Waals surface area contributed by atoms with Crippen molar-refractivity contribution in [1.82, 2.24) is 4.98 Å². The van der Waals surface area contributed by atoms with Crippen molar-refractivity contribution in [2.45, 2.75) is 20.4 Å². The number of rotatable bonds is 4. The number of aromatic nitrogens is 1. The number of hydrogen-bond acceptors (Lipinski definition) is 3. The van der Waals surface area contributed by atoms with E-state index in [1.807, 2.05) is 37.3 Å². The molecule has 0 bridgehead atoms. The molecule has 0 N–H and O–H groups in total. The van der Waals surface area contributed by atoms with Crippen LogP contribution in [0.2, 0.25) is 0 Å². The predicted molar refractivity (Wildman–Crippen MR) is 76.9 cm³/mol. The van der Waals surface area contributed by atoms with Gasteiger partial charge in [0.25, 0.3) is 0 Å². The summed E-state index contributed by atoms with van der Waals surface area (Å²) < 4.78 is 0. The minimum absolute atomic E-state index is 0.732. The van der Waals surface area contributed by atoms with Gasteiger partial charge in [0.2, 0.25) is 0 Å². The molecule has 19 heavy (non-hydrogen) atoms. The molecule has 0 amide bonds. The Morgan fingerprint density at radius 3 is 2.58 bits per heavy atom. The first-order valence-electron chi connectivity index (χ1n) is 6.39. The maximum atomic E-state index is 9.27. The minimum atomic E-state index is 0.732. The van der Waals surface area contributed by atoms with Gasteiger partial charge in [0, 0.05) is 25.5 Å². The Bertz CT molecular complexity index is 585. The van der Waals surface area contributed by atoms with Gasteiger partial charge in [0.05, 0.1) is 11.3 Å². The summed E-state index contributed by atoms with van der Waals surface area (Å²) in [5.41, 5.74) is 4.03. The molecule has 2 aromatic rings. The summed E-state index contributed by atoms with van der Waals surface area (Å²) in [6.07, 6.45) is 3.59. The molecule has 96 valence electrons. The van der Waals surface area contributed by atoms with Crippen molar-refractivity contribution in [3.8, 4) is 6.07 Å². The average Bonchev–Trinajstić information content (AvgIpc) is 2.46. The standard InChI is InChI=1S/C16H17N3/c1-3-19(12-14-6-8-18-9-7-14)16-5-4-13(2)10-15(16)11-17/h4-10H,3,12H2,1-2H3. The summed E-state index contributed by atoms with van der Waals surface area (Å²) in [7, 11) is 0. The van der Waals surface area contributed by atoms with Crippen molar-refractivity contribution >= 4 is 5.69 Å². The highest BCUT2D eigenvalue weighted by Crippen LogP contribution is 2.22. The van der Waals surface area contributed by atoms with Crippen LogP contribution in [-0.2, 0) is 6.54 Å². The molecule has 3 heteroatoms. The zero-order valence-electron chi connectivity index (χ0n) is 11.3. The van der Waals surface area contributed by atoms with Crippen molar-refractivity contribution in [1.29, 1.82) is 5.26 Å². The van der Waals surface area contributed by atoms with Gasteiger partial charge in [-0.3, -0.25) is 4.98 Å². The van der Waals surface area contributed by atoms with Crippen molar-refractivity contribution in [3.05, 3.63) is 59.4 Å². The Kier molecular flexibility index (Phi) is 4.15. The highest BCUT2D eigenvalue weighted by molar-refractivity contribution is 5.60. The molecule has 0 fully saturated rings. The molecule has 3 nitrogen and oxygen atoms in total. The third-order valence-corrected chi connectivity index (χ3v) is 3.12. The number of hydrogen-bond donors (Lipinski definition) is 0. The zero-order valence-corrected chi connectivity index (χ0v) is 11.3. The summed E-state index contributed by atoms with van der Waals surface area (Å²) >= 11 is 0. The number of anilines is 1. The van der Waals surface area contributed by atoms with Crippen LogP contribution in [0.15, 0.2) is 42.7 Å². The van der Waals surface area contributed by atoms with Crippen LogP contribution < -0.4 is 4.90 Å². The molecule has 1 heterocycles. The van der Waals surface area contributed by atoms with Crippen LogP contribution in [0.25, 0.3) is 0 Å². The van der Waals surface area contributed by atoms with Crippen LogP contribution in [0, 0.1) is 18.3 Å². The lowest BCUT2D eigenvalue weighted by Gasteiger charge is -2.24. The normalized spacial score (nSPS) is 9.95. The second-order valence-corrected chi connectivity index (χ2v) is 4.50. The Hall–Kier alpha value is -2.34. The van der Waals surface area contributed by atoms with E-state index in [0.717, 1.165) is 29.9 Å². The summed E-state index contributed by atoms with van der Waals surface area (Å²) in [5, 5.41) is 9.27. The molecule has 0 atom stereocenters. The van der Waals surface area contributed by atoms with Gasteiger partial charge in [0.15, 0.2) is 0 Å². The van der Waals surface area contributed by atoms with Crippen LogP contribution in [-0.4, -0.2) is 11.5 Å². The van der Waals surface area contributed by atoms with E-state index in [2.05, 4.69) is 22.9 Å². The van der Waals surface area contributed by atoms with Gasteiger partial charge in [0.1, 0.15) is 6.07 Å². The van der Waals surface area contributed by atoms with E-state index in [-0.39, 0.29) is 0 Å². The lowest BCUT2D eigenvalue weighted by Crippen LogP contribution is -2.23. The second kappa shape index (κ2) is 6.01. The van der Waals surface area contributed by atoms with Gasteiger partial charge in [-0.2, -0.15) is 5.26 Å². The Morgan fingerprint density at radius 1 is 1.21 bits per heavy atom. The molecule has 0 aliphatic rings. The fourth-order valence-electron chi connectivity index (χ4n) is 2.09. The number of pyridine rings is 1. The van der Waals surface area contributed by atoms with E-state index in [9.17, 15) is 5.26 Å². The molecule has 1 aromatic carbocycles. The SMILES string of the molecule is CCN(Cc1ccncc1)c1ccc(C)cc1C#N. The van der Waals surface area contributed by atoms with E-state index in [1.54, 1.807) is 12.4 Å². The highest BCUT2D eigenvalue weighted by Gasteiger charge is 2.10. The fourth-order valence-corrected chi connectivity index (χ4v) is 2.09. The molecule has 0 radical (unpaired) electrons. The summed E-state index contributed by atoms with van der Waals surface area (Å²) in [5.74, 6) is 0. The van der Waals surface area contributed by atoms with Crippen molar-refractivity contribution in [2.24, 2.45) is 0 Å². The largest absolute Gasteiger partial charge is 0.366 e. The second-order valence-electron chi connectivity index (χ2n) is 4.50. The van der Waals surface area contributed by atoms with Crippen molar-refractivity contribution in [2.75, 3.05) is 11.4 Å². The van der Waals surface area contributed by atoms with E-state index in [1.165, 1.54) is 5.56 Å². The quantitative estimate of drug-likeness (QED) is 0.837. The highest BCUT2D eigenvalue weighted by atomic mass is 15.1. The van der Waals surface area contributed by atoms with E-state index in [4.69, 9.17) is 0 Å². The van der Waals surface area contributed by atoms with E-state index >= 15 is 0 Å². The first-order valence-corrected chi connectivity index (χ1v) is 6.39. The van der Waals surface area contributed by atoms with Crippen LogP contribution in [0.5, 0.6) is 0 Å². The van der Waals surface area contributed by atoms with Crippen LogP contribution in [0.3, 0.4) is 0 Å². The monoisotopic (exact) mass is 251 g/mol. The van der Waals surface area contributed by atoms with Crippen LogP contribution in [0.4, 0.5) is 5.69 Å². The van der Waals surface area contributed by atoms with Gasteiger partial charge in [-0.1, -0.05) is 6.07 Å². The van der Waals surface area contributed by atoms with Gasteiger partial charge in [-0.05, 0) is 49.2 Å². The average molecular weight is 251 g/mol. The van der Waals surface area contributed by atoms with Gasteiger partial charge >= 0.3 is 0 Å². The third-order valence-electron chi connectivity index (χ3n) is 3.12. The van der Waals surface area contributed by atoms with Gasteiger partial charge < -0.3 is 4.90 Å². The van der Waals surface area contributed by atoms with Crippen molar-refractivity contribution < 1.29 is 0 Å². The topological polar surface area (TPSA) is 39.9 Å². The number of benzene rings is 1. The first kappa shape index (κ1) is 13.1. The van der Waals surface area contributed by atoms with Crippen LogP contribution in [0.1, 0.15) is 23.6 Å². The number of nitriles is 1.